The van der Waals surface area contributed by atoms with Gasteiger partial charge in [0.2, 0.25) is 0 Å². The first kappa shape index (κ1) is 32.4. The molecule has 39 heavy (non-hydrogen) atoms. The lowest BCUT2D eigenvalue weighted by Crippen LogP contribution is -2.00. The molecule has 0 amide bonds. The smallest absolute Gasteiger partial charge is 0.289 e. The van der Waals surface area contributed by atoms with Gasteiger partial charge in [0.25, 0.3) is 11.4 Å². The van der Waals surface area contributed by atoms with Crippen LogP contribution in [0.1, 0.15) is 31.8 Å². The van der Waals surface area contributed by atoms with E-state index in [0.29, 0.717) is 22.3 Å². The van der Waals surface area contributed by atoms with Crippen LogP contribution in [0.3, 0.4) is 0 Å². The van der Waals surface area contributed by atoms with Crippen molar-refractivity contribution in [3.8, 4) is 0 Å². The number of halogens is 1. The lowest BCUT2D eigenvalue weighted by Gasteiger charge is -2.00. The fraction of sp³-hybridized carbons (Fsp3) is 0. The van der Waals surface area contributed by atoms with Gasteiger partial charge in [0.05, 0.1) is 9.85 Å². The summed E-state index contributed by atoms with van der Waals surface area (Å²) in [7, 11) is -2.87. The van der Waals surface area contributed by atoms with E-state index in [1.54, 1.807) is 48.5 Å². The van der Waals surface area contributed by atoms with Crippen LogP contribution in [0, 0.1) is 20.2 Å². The largest absolute Gasteiger partial charge is 0.692 e. The summed E-state index contributed by atoms with van der Waals surface area (Å²) >= 11 is 0. The Morgan fingerprint density at radius 3 is 1.00 bits per heavy atom. The van der Waals surface area contributed by atoms with Crippen molar-refractivity contribution < 1.29 is 33.8 Å². The van der Waals surface area contributed by atoms with Gasteiger partial charge in [0.15, 0.2) is 11.6 Å². The van der Waals surface area contributed by atoms with Gasteiger partial charge in [0, 0.05) is 51.1 Å². The highest BCUT2D eigenvalue weighted by molar-refractivity contribution is 7.30. The van der Waals surface area contributed by atoms with Crippen molar-refractivity contribution in [3.63, 3.8) is 0 Å². The lowest BCUT2D eigenvalue weighted by molar-refractivity contribution is -0.385. The van der Waals surface area contributed by atoms with E-state index in [4.69, 9.17) is 14.4 Å². The Morgan fingerprint density at radius 1 is 0.538 bits per heavy atom. The molecule has 200 valence electrons. The minimum atomic E-state index is -2.87. The van der Waals surface area contributed by atoms with Crippen LogP contribution in [0.25, 0.3) is 0 Å². The summed E-state index contributed by atoms with van der Waals surface area (Å²) in [6.45, 7) is 0. The van der Waals surface area contributed by atoms with Gasteiger partial charge in [0.1, 0.15) is 0 Å². The van der Waals surface area contributed by atoms with E-state index < -0.39 is 18.1 Å². The van der Waals surface area contributed by atoms with Crippen molar-refractivity contribution in [1.29, 1.82) is 0 Å². The fourth-order valence-electron chi connectivity index (χ4n) is 2.98. The predicted molar refractivity (Wildman–Crippen MR) is 145 cm³/mol. The van der Waals surface area contributed by atoms with Gasteiger partial charge in [-0.15, -0.1) is 22.2 Å². The summed E-state index contributed by atoms with van der Waals surface area (Å²) < 4.78 is 8.70. The third-order valence-electron chi connectivity index (χ3n) is 4.75. The molecule has 0 aliphatic carbocycles. The van der Waals surface area contributed by atoms with Gasteiger partial charge in [-0.2, -0.15) is 0 Å². The van der Waals surface area contributed by atoms with Crippen LogP contribution in [0.4, 0.5) is 11.4 Å². The van der Waals surface area contributed by atoms with Crippen molar-refractivity contribution in [3.05, 3.63) is 152 Å². The van der Waals surface area contributed by atoms with Crippen LogP contribution in [-0.2, 0) is 4.57 Å². The maximum atomic E-state index is 12.0. The van der Waals surface area contributed by atoms with Gasteiger partial charge in [-0.1, -0.05) is 60.7 Å². The molecule has 0 saturated heterocycles. The summed E-state index contributed by atoms with van der Waals surface area (Å²) in [5.41, 5.74) is 2.00. The van der Waals surface area contributed by atoms with Crippen LogP contribution >= 0.6 is 20.7 Å². The SMILES string of the molecule is Cl.O=C(c1ccccc1)c1ccc([N+](=O)[O-])cc1.O=C(c1ccccc1)c1ccc([N+](=O)[O-])cc1.O=[P+](O)O. The molecule has 0 saturated carbocycles. The highest BCUT2D eigenvalue weighted by atomic mass is 35.5. The number of benzene rings is 4. The fourth-order valence-corrected chi connectivity index (χ4v) is 2.98. The average molecular weight is 572 g/mol. The number of carbonyl (C=O) groups excluding carboxylic acids is 2. The van der Waals surface area contributed by atoms with Gasteiger partial charge < -0.3 is 0 Å². The van der Waals surface area contributed by atoms with E-state index >= 15 is 0 Å². The zero-order valence-corrected chi connectivity index (χ0v) is 21.6. The second-order valence-corrected chi connectivity index (χ2v) is 7.76. The number of nitro benzene ring substituents is 2. The molecule has 4 aromatic carbocycles. The van der Waals surface area contributed by atoms with Gasteiger partial charge >= 0.3 is 8.25 Å². The number of non-ortho nitro benzene ring substituents is 2. The number of nitro groups is 2. The van der Waals surface area contributed by atoms with Crippen molar-refractivity contribution in [2.24, 2.45) is 0 Å². The van der Waals surface area contributed by atoms with E-state index in [2.05, 4.69) is 0 Å². The molecule has 4 aromatic rings. The number of nitrogens with zero attached hydrogens (tertiary/aromatic N) is 2. The van der Waals surface area contributed by atoms with Gasteiger partial charge in [-0.25, -0.2) is 0 Å². The first-order chi connectivity index (χ1) is 18.1. The molecular weight excluding hydrogens is 551 g/mol. The Labute approximate surface area is 229 Å². The summed E-state index contributed by atoms with van der Waals surface area (Å²) in [6.07, 6.45) is 0. The van der Waals surface area contributed by atoms with Crippen LogP contribution < -0.4 is 0 Å². The van der Waals surface area contributed by atoms with Crippen molar-refractivity contribution in [2.45, 2.75) is 0 Å². The topological polar surface area (TPSA) is 178 Å². The van der Waals surface area contributed by atoms with Crippen molar-refractivity contribution in [2.75, 3.05) is 0 Å². The summed E-state index contributed by atoms with van der Waals surface area (Å²) in [4.78, 5) is 58.1. The number of hydrogen-bond acceptors (Lipinski definition) is 7. The molecule has 0 spiro atoms. The molecule has 0 fully saturated rings. The van der Waals surface area contributed by atoms with Crippen LogP contribution in [0.5, 0.6) is 0 Å². The minimum absolute atomic E-state index is 0. The highest BCUT2D eigenvalue weighted by Gasteiger charge is 2.12. The molecular formula is C26H21ClN2O9P+. The molecule has 0 radical (unpaired) electrons. The van der Waals surface area contributed by atoms with E-state index in [9.17, 15) is 29.8 Å². The number of rotatable bonds is 6. The number of ketones is 2. The van der Waals surface area contributed by atoms with E-state index in [1.807, 2.05) is 12.1 Å². The molecule has 0 aliphatic heterocycles. The maximum Gasteiger partial charge on any atom is 0.692 e. The highest BCUT2D eigenvalue weighted by Crippen LogP contribution is 2.16. The van der Waals surface area contributed by atoms with E-state index in [0.717, 1.165) is 0 Å². The monoisotopic (exact) mass is 571 g/mol. The second-order valence-electron chi connectivity index (χ2n) is 7.25. The van der Waals surface area contributed by atoms with E-state index in [-0.39, 0.29) is 35.3 Å². The summed E-state index contributed by atoms with van der Waals surface area (Å²) in [5.74, 6) is -0.277. The molecule has 4 rings (SSSR count). The molecule has 11 nitrogen and oxygen atoms in total. The summed E-state index contributed by atoms with van der Waals surface area (Å²) in [5, 5.41) is 20.9. The Morgan fingerprint density at radius 2 is 0.769 bits per heavy atom. The second kappa shape index (κ2) is 16.2. The minimum Gasteiger partial charge on any atom is -0.289 e. The van der Waals surface area contributed by atoms with Crippen molar-refractivity contribution >= 4 is 43.6 Å². The standard InChI is InChI=1S/2C13H9NO3.ClH.HO3P/c2*15-13(10-4-2-1-3-5-10)11-6-8-12(9-7-11)14(16)17;;1-4(2)3/h2*1-9H;1H;(H-,1,2,3)/p+1. The van der Waals surface area contributed by atoms with Gasteiger partial charge in [-0.3, -0.25) is 29.8 Å². The van der Waals surface area contributed by atoms with Gasteiger partial charge in [-0.05, 0) is 24.3 Å². The third-order valence-corrected chi connectivity index (χ3v) is 4.75. The quantitative estimate of drug-likeness (QED) is 0.127. The molecule has 0 aromatic heterocycles. The van der Waals surface area contributed by atoms with Crippen LogP contribution in [0.15, 0.2) is 109 Å². The van der Waals surface area contributed by atoms with E-state index in [1.165, 1.54) is 48.5 Å². The predicted octanol–water partition coefficient (Wildman–Crippen LogP) is 5.70. The molecule has 13 heteroatoms. The number of hydrogen-bond donors (Lipinski definition) is 2. The maximum absolute atomic E-state index is 12.0. The molecule has 0 bridgehead atoms. The average Bonchev–Trinajstić information content (AvgIpc) is 2.93. The zero-order valence-electron chi connectivity index (χ0n) is 19.9. The molecule has 0 heterocycles. The Kier molecular flexibility index (Phi) is 13.5. The summed E-state index contributed by atoms with van der Waals surface area (Å²) in [6, 6.07) is 28.8. The Balaban J connectivity index is 0.000000336. The normalized spacial score (nSPS) is 9.28. The first-order valence-corrected chi connectivity index (χ1v) is 11.8. The third kappa shape index (κ3) is 10.7. The first-order valence-electron chi connectivity index (χ1n) is 10.6. The zero-order chi connectivity index (χ0) is 28.1. The molecule has 2 N–H and O–H groups in total. The van der Waals surface area contributed by atoms with Crippen LogP contribution in [-0.4, -0.2) is 31.2 Å². The molecule has 0 atom stereocenters. The van der Waals surface area contributed by atoms with Crippen LogP contribution in [0.2, 0.25) is 0 Å². The molecule has 0 aliphatic rings. The molecule has 0 unspecified atom stereocenters. The Bertz CT molecular complexity index is 1310. The number of carbonyl (C=O) groups is 2. The Hall–Kier alpha value is -4.67. The lowest BCUT2D eigenvalue weighted by atomic mass is 10.0. The van der Waals surface area contributed by atoms with Crippen molar-refractivity contribution in [1.82, 2.24) is 0 Å².